The van der Waals surface area contributed by atoms with Crippen LogP contribution in [0.25, 0.3) is 0 Å². The third-order valence-electron chi connectivity index (χ3n) is 4.02. The minimum Gasteiger partial charge on any atom is -0.496 e. The van der Waals surface area contributed by atoms with Gasteiger partial charge in [-0.3, -0.25) is 9.69 Å². The van der Waals surface area contributed by atoms with Crippen LogP contribution < -0.4 is 10.1 Å². The van der Waals surface area contributed by atoms with E-state index in [0.29, 0.717) is 24.6 Å². The van der Waals surface area contributed by atoms with E-state index >= 15 is 0 Å². The third-order valence-corrected chi connectivity index (χ3v) is 4.02. The van der Waals surface area contributed by atoms with Crippen LogP contribution in [0.2, 0.25) is 0 Å². The Morgan fingerprint density at radius 2 is 2.23 bits per heavy atom. The van der Waals surface area contributed by atoms with Crippen molar-refractivity contribution in [1.82, 2.24) is 10.2 Å². The van der Waals surface area contributed by atoms with Gasteiger partial charge in [0.25, 0.3) is 0 Å². The lowest BCUT2D eigenvalue weighted by Crippen LogP contribution is -2.24. The first-order chi connectivity index (χ1) is 10.5. The predicted octanol–water partition coefficient (Wildman–Crippen LogP) is 1.35. The maximum absolute atomic E-state index is 11.4. The Balaban J connectivity index is 1.98. The normalized spacial score (nSPS) is 18.2. The van der Waals surface area contributed by atoms with E-state index < -0.39 is 5.97 Å². The van der Waals surface area contributed by atoms with E-state index in [-0.39, 0.29) is 11.5 Å². The zero-order valence-electron chi connectivity index (χ0n) is 13.0. The van der Waals surface area contributed by atoms with Crippen LogP contribution in [-0.2, 0) is 11.3 Å². The molecule has 6 nitrogen and oxygen atoms in total. The molecule has 0 aliphatic carbocycles. The first-order valence-corrected chi connectivity index (χ1v) is 7.36. The fourth-order valence-electron chi connectivity index (χ4n) is 2.87. The molecule has 0 bridgehead atoms. The van der Waals surface area contributed by atoms with Crippen molar-refractivity contribution in [2.45, 2.75) is 19.4 Å². The summed E-state index contributed by atoms with van der Waals surface area (Å²) < 4.78 is 5.07. The highest BCUT2D eigenvalue weighted by molar-refractivity contribution is 5.91. The first-order valence-electron chi connectivity index (χ1n) is 7.36. The molecule has 120 valence electrons. The largest absolute Gasteiger partial charge is 0.496 e. The number of aromatic carboxylic acids is 1. The summed E-state index contributed by atoms with van der Waals surface area (Å²) in [6, 6.07) is 5.24. The van der Waals surface area contributed by atoms with Crippen LogP contribution >= 0.6 is 0 Å². The molecule has 2 N–H and O–H groups in total. The summed E-state index contributed by atoms with van der Waals surface area (Å²) in [5.74, 6) is -0.172. The molecule has 0 saturated carbocycles. The fraction of sp³-hybridized carbons (Fsp3) is 0.500. The van der Waals surface area contributed by atoms with Crippen LogP contribution in [0, 0.1) is 5.92 Å². The molecule has 1 atom stereocenters. The number of ether oxygens (including phenoxy) is 1. The standard InChI is InChI=1S/C16H22N2O4/c1-17-15(19)8-12-5-6-18(10-12)9-11-3-4-14(22-2)13(7-11)16(20)21/h3-4,7,12H,5-6,8-10H2,1-2H3,(H,17,19)(H,20,21). The second kappa shape index (κ2) is 7.26. The molecule has 1 aromatic rings. The smallest absolute Gasteiger partial charge is 0.339 e. The number of amides is 1. The molecule has 22 heavy (non-hydrogen) atoms. The van der Waals surface area contributed by atoms with Crippen molar-refractivity contribution in [1.29, 1.82) is 0 Å². The molecule has 1 aliphatic rings. The van der Waals surface area contributed by atoms with Crippen molar-refractivity contribution < 1.29 is 19.4 Å². The molecule has 1 saturated heterocycles. The number of carbonyl (C=O) groups is 2. The van der Waals surface area contributed by atoms with Gasteiger partial charge >= 0.3 is 5.97 Å². The maximum Gasteiger partial charge on any atom is 0.339 e. The lowest BCUT2D eigenvalue weighted by atomic mass is 10.0. The maximum atomic E-state index is 11.4. The van der Waals surface area contributed by atoms with Gasteiger partial charge in [-0.1, -0.05) is 6.07 Å². The Labute approximate surface area is 130 Å². The number of nitrogens with one attached hydrogen (secondary N) is 1. The van der Waals surface area contributed by atoms with Gasteiger partial charge in [0.15, 0.2) is 0 Å². The number of hydrogen-bond acceptors (Lipinski definition) is 4. The average Bonchev–Trinajstić information content (AvgIpc) is 2.93. The molecule has 6 heteroatoms. The summed E-state index contributed by atoms with van der Waals surface area (Å²) in [5, 5.41) is 11.9. The van der Waals surface area contributed by atoms with Gasteiger partial charge in [0.2, 0.25) is 5.91 Å². The molecule has 1 aliphatic heterocycles. The second-order valence-corrected chi connectivity index (χ2v) is 5.61. The summed E-state index contributed by atoms with van der Waals surface area (Å²) in [5.41, 5.74) is 1.12. The van der Waals surface area contributed by atoms with Gasteiger partial charge < -0.3 is 15.2 Å². The zero-order chi connectivity index (χ0) is 16.1. The Morgan fingerprint density at radius 1 is 1.45 bits per heavy atom. The molecular formula is C16H22N2O4. The Hall–Kier alpha value is -2.08. The number of carboxylic acid groups (broad SMARTS) is 1. The Kier molecular flexibility index (Phi) is 5.38. The number of likely N-dealkylation sites (tertiary alicyclic amines) is 1. The van der Waals surface area contributed by atoms with Crippen LogP contribution in [0.15, 0.2) is 18.2 Å². The lowest BCUT2D eigenvalue weighted by molar-refractivity contribution is -0.121. The molecule has 1 aromatic carbocycles. The van der Waals surface area contributed by atoms with Crippen molar-refractivity contribution in [3.63, 3.8) is 0 Å². The molecule has 1 fully saturated rings. The van der Waals surface area contributed by atoms with Crippen molar-refractivity contribution in [3.8, 4) is 5.75 Å². The van der Waals surface area contributed by atoms with Crippen molar-refractivity contribution in [2.75, 3.05) is 27.2 Å². The summed E-state index contributed by atoms with van der Waals surface area (Å²) in [4.78, 5) is 24.9. The van der Waals surface area contributed by atoms with E-state index in [1.807, 2.05) is 6.07 Å². The quantitative estimate of drug-likeness (QED) is 0.829. The van der Waals surface area contributed by atoms with Gasteiger partial charge in [0, 0.05) is 26.6 Å². The van der Waals surface area contributed by atoms with E-state index in [0.717, 1.165) is 25.1 Å². The van der Waals surface area contributed by atoms with Crippen LogP contribution in [-0.4, -0.2) is 49.1 Å². The summed E-state index contributed by atoms with van der Waals surface area (Å²) in [7, 11) is 3.12. The van der Waals surface area contributed by atoms with Gasteiger partial charge in [-0.25, -0.2) is 4.79 Å². The molecule has 0 radical (unpaired) electrons. The third kappa shape index (κ3) is 3.98. The number of hydrogen-bond donors (Lipinski definition) is 2. The minimum atomic E-state index is -0.988. The first kappa shape index (κ1) is 16.3. The number of nitrogens with zero attached hydrogens (tertiary/aromatic N) is 1. The number of benzene rings is 1. The van der Waals surface area contributed by atoms with E-state index in [1.165, 1.54) is 7.11 Å². The van der Waals surface area contributed by atoms with Crippen LogP contribution in [0.3, 0.4) is 0 Å². The van der Waals surface area contributed by atoms with Gasteiger partial charge in [-0.15, -0.1) is 0 Å². The highest BCUT2D eigenvalue weighted by Crippen LogP contribution is 2.24. The number of carboxylic acids is 1. The van der Waals surface area contributed by atoms with E-state index in [2.05, 4.69) is 10.2 Å². The molecule has 1 heterocycles. The molecule has 0 spiro atoms. The minimum absolute atomic E-state index is 0.0736. The monoisotopic (exact) mass is 306 g/mol. The molecular weight excluding hydrogens is 284 g/mol. The molecule has 1 unspecified atom stereocenters. The highest BCUT2D eigenvalue weighted by Gasteiger charge is 2.24. The highest BCUT2D eigenvalue weighted by atomic mass is 16.5. The van der Waals surface area contributed by atoms with Crippen LogP contribution in [0.1, 0.15) is 28.8 Å². The summed E-state index contributed by atoms with van der Waals surface area (Å²) in [6.45, 7) is 2.48. The topological polar surface area (TPSA) is 78.9 Å². The molecule has 1 amide bonds. The van der Waals surface area contributed by atoms with E-state index in [4.69, 9.17) is 4.74 Å². The summed E-state index contributed by atoms with van der Waals surface area (Å²) >= 11 is 0. The predicted molar refractivity (Wildman–Crippen MR) is 82.0 cm³/mol. The Morgan fingerprint density at radius 3 is 2.86 bits per heavy atom. The second-order valence-electron chi connectivity index (χ2n) is 5.61. The van der Waals surface area contributed by atoms with Gasteiger partial charge in [-0.2, -0.15) is 0 Å². The van der Waals surface area contributed by atoms with Crippen molar-refractivity contribution in [3.05, 3.63) is 29.3 Å². The Bertz CT molecular complexity index is 559. The zero-order valence-corrected chi connectivity index (χ0v) is 13.0. The number of methoxy groups -OCH3 is 1. The van der Waals surface area contributed by atoms with Gasteiger partial charge in [-0.05, 0) is 36.6 Å². The van der Waals surface area contributed by atoms with Crippen molar-refractivity contribution >= 4 is 11.9 Å². The van der Waals surface area contributed by atoms with E-state index in [1.54, 1.807) is 19.2 Å². The van der Waals surface area contributed by atoms with Crippen LogP contribution in [0.5, 0.6) is 5.75 Å². The summed E-state index contributed by atoms with van der Waals surface area (Å²) in [6.07, 6.45) is 1.55. The van der Waals surface area contributed by atoms with Gasteiger partial charge in [0.1, 0.15) is 11.3 Å². The molecule has 2 rings (SSSR count). The van der Waals surface area contributed by atoms with Crippen molar-refractivity contribution in [2.24, 2.45) is 5.92 Å². The number of carbonyl (C=O) groups excluding carboxylic acids is 1. The SMILES string of the molecule is CNC(=O)CC1CCN(Cc2ccc(OC)c(C(=O)O)c2)C1. The van der Waals surface area contributed by atoms with Crippen LogP contribution in [0.4, 0.5) is 0 Å². The van der Waals surface area contributed by atoms with Gasteiger partial charge in [0.05, 0.1) is 7.11 Å². The average molecular weight is 306 g/mol. The van der Waals surface area contributed by atoms with E-state index in [9.17, 15) is 14.7 Å². The fourth-order valence-corrected chi connectivity index (χ4v) is 2.87. The molecule has 0 aromatic heterocycles. The lowest BCUT2D eigenvalue weighted by Gasteiger charge is -2.17. The number of rotatable bonds is 6.